The molecule has 0 N–H and O–H groups in total. The van der Waals surface area contributed by atoms with Gasteiger partial charge >= 0.3 is 0 Å². The first-order valence-electron chi connectivity index (χ1n) is 8.83. The third kappa shape index (κ3) is 8.71. The minimum Gasteiger partial charge on any atom is -0.379 e. The molecule has 130 valence electrons. The summed E-state index contributed by atoms with van der Waals surface area (Å²) in [6.45, 7) is 12.8. The van der Waals surface area contributed by atoms with E-state index in [-0.39, 0.29) is 12.5 Å². The molecule has 1 rings (SSSR count). The van der Waals surface area contributed by atoms with E-state index in [1.54, 1.807) is 0 Å². The zero-order chi connectivity index (χ0) is 16.2. The molecule has 0 unspecified atom stereocenters. The van der Waals surface area contributed by atoms with Gasteiger partial charge in [0.15, 0.2) is 0 Å². The summed E-state index contributed by atoms with van der Waals surface area (Å²) < 4.78 is 11.0. The van der Waals surface area contributed by atoms with Crippen molar-refractivity contribution in [3.8, 4) is 0 Å². The van der Waals surface area contributed by atoms with Crippen LogP contribution in [0.25, 0.3) is 0 Å². The number of hydrogen-bond acceptors (Lipinski definition) is 4. The molecule has 1 amide bonds. The highest BCUT2D eigenvalue weighted by Crippen LogP contribution is 2.04. The number of unbranched alkanes of at least 4 members (excludes halogenated alkanes) is 3. The second kappa shape index (κ2) is 11.9. The Balaban J connectivity index is 1.91. The second-order valence-corrected chi connectivity index (χ2v) is 6.20. The molecular weight excluding hydrogens is 280 g/mol. The highest BCUT2D eigenvalue weighted by Gasteiger charge is 2.19. The Morgan fingerprint density at radius 1 is 1.00 bits per heavy atom. The van der Waals surface area contributed by atoms with Crippen molar-refractivity contribution in [2.24, 2.45) is 0 Å². The summed E-state index contributed by atoms with van der Waals surface area (Å²) in [5.41, 5.74) is 0. The van der Waals surface area contributed by atoms with E-state index < -0.39 is 0 Å². The molecule has 1 heterocycles. The van der Waals surface area contributed by atoms with Crippen molar-refractivity contribution < 1.29 is 14.3 Å². The lowest BCUT2D eigenvalue weighted by Crippen LogP contribution is -2.49. The largest absolute Gasteiger partial charge is 0.379 e. The molecule has 0 bridgehead atoms. The van der Waals surface area contributed by atoms with E-state index in [2.05, 4.69) is 25.7 Å². The van der Waals surface area contributed by atoms with Gasteiger partial charge < -0.3 is 19.3 Å². The molecule has 0 aliphatic carbocycles. The summed E-state index contributed by atoms with van der Waals surface area (Å²) in [5, 5.41) is 0. The van der Waals surface area contributed by atoms with Crippen LogP contribution in [0.2, 0.25) is 0 Å². The van der Waals surface area contributed by atoms with E-state index in [4.69, 9.17) is 9.47 Å². The summed E-state index contributed by atoms with van der Waals surface area (Å²) >= 11 is 0. The van der Waals surface area contributed by atoms with E-state index in [1.165, 1.54) is 6.42 Å². The fourth-order valence-electron chi connectivity index (χ4n) is 2.54. The van der Waals surface area contributed by atoms with E-state index >= 15 is 0 Å². The lowest BCUT2D eigenvalue weighted by atomic mass is 10.2. The molecule has 0 saturated carbocycles. The third-order valence-corrected chi connectivity index (χ3v) is 4.03. The van der Waals surface area contributed by atoms with Crippen LogP contribution in [0.1, 0.15) is 46.5 Å². The lowest BCUT2D eigenvalue weighted by molar-refractivity contribution is -0.137. The average molecular weight is 314 g/mol. The Morgan fingerprint density at radius 2 is 1.64 bits per heavy atom. The summed E-state index contributed by atoms with van der Waals surface area (Å²) in [5.74, 6) is 0.140. The van der Waals surface area contributed by atoms with Crippen molar-refractivity contribution in [2.45, 2.75) is 52.6 Å². The molecule has 5 heteroatoms. The molecular formula is C17H34N2O3. The zero-order valence-electron chi connectivity index (χ0n) is 14.7. The van der Waals surface area contributed by atoms with Crippen LogP contribution < -0.4 is 0 Å². The van der Waals surface area contributed by atoms with Gasteiger partial charge in [-0.1, -0.05) is 19.8 Å². The molecule has 1 fully saturated rings. The maximum absolute atomic E-state index is 12.0. The SMILES string of the molecule is CCN1CCN(C(=O)COCCCCCCOC(C)C)CC1. The summed E-state index contributed by atoms with van der Waals surface area (Å²) in [7, 11) is 0. The van der Waals surface area contributed by atoms with Crippen molar-refractivity contribution in [3.63, 3.8) is 0 Å². The van der Waals surface area contributed by atoms with Crippen LogP contribution in [0.3, 0.4) is 0 Å². The number of carbonyl (C=O) groups excluding carboxylic acids is 1. The van der Waals surface area contributed by atoms with Crippen LogP contribution in [-0.2, 0) is 14.3 Å². The van der Waals surface area contributed by atoms with Gasteiger partial charge in [0.05, 0.1) is 6.10 Å². The minimum atomic E-state index is 0.140. The number of ether oxygens (including phenoxy) is 2. The summed E-state index contributed by atoms with van der Waals surface area (Å²) in [6, 6.07) is 0. The molecule has 5 nitrogen and oxygen atoms in total. The Kier molecular flexibility index (Phi) is 10.5. The number of carbonyl (C=O) groups is 1. The summed E-state index contributed by atoms with van der Waals surface area (Å²) in [4.78, 5) is 16.3. The van der Waals surface area contributed by atoms with Gasteiger partial charge in [0.1, 0.15) is 6.61 Å². The summed E-state index contributed by atoms with van der Waals surface area (Å²) in [6.07, 6.45) is 4.78. The van der Waals surface area contributed by atoms with E-state index in [9.17, 15) is 4.79 Å². The number of rotatable bonds is 11. The monoisotopic (exact) mass is 314 g/mol. The normalized spacial score (nSPS) is 16.5. The van der Waals surface area contributed by atoms with Crippen molar-refractivity contribution in [2.75, 3.05) is 52.5 Å². The van der Waals surface area contributed by atoms with Crippen LogP contribution in [-0.4, -0.2) is 74.4 Å². The smallest absolute Gasteiger partial charge is 0.248 e. The number of hydrogen-bond donors (Lipinski definition) is 0. The van der Waals surface area contributed by atoms with E-state index in [0.29, 0.717) is 12.7 Å². The van der Waals surface area contributed by atoms with Crippen molar-refractivity contribution >= 4 is 5.91 Å². The van der Waals surface area contributed by atoms with Crippen LogP contribution in [0, 0.1) is 0 Å². The van der Waals surface area contributed by atoms with Gasteiger partial charge in [0.25, 0.3) is 0 Å². The maximum atomic E-state index is 12.0. The highest BCUT2D eigenvalue weighted by molar-refractivity contribution is 5.77. The fraction of sp³-hybridized carbons (Fsp3) is 0.941. The number of likely N-dealkylation sites (N-methyl/N-ethyl adjacent to an activating group) is 1. The minimum absolute atomic E-state index is 0.140. The average Bonchev–Trinajstić information content (AvgIpc) is 2.53. The van der Waals surface area contributed by atoms with Gasteiger partial charge in [-0.25, -0.2) is 0 Å². The highest BCUT2D eigenvalue weighted by atomic mass is 16.5. The topological polar surface area (TPSA) is 42.0 Å². The molecule has 1 aliphatic heterocycles. The third-order valence-electron chi connectivity index (χ3n) is 4.03. The van der Waals surface area contributed by atoms with Crippen LogP contribution >= 0.6 is 0 Å². The molecule has 0 radical (unpaired) electrons. The molecule has 0 spiro atoms. The van der Waals surface area contributed by atoms with Gasteiger partial charge in [-0.2, -0.15) is 0 Å². The predicted molar refractivity (Wildman–Crippen MR) is 89.1 cm³/mol. The Morgan fingerprint density at radius 3 is 2.23 bits per heavy atom. The Labute approximate surface area is 135 Å². The van der Waals surface area contributed by atoms with Crippen molar-refractivity contribution in [1.29, 1.82) is 0 Å². The predicted octanol–water partition coefficient (Wildman–Crippen LogP) is 2.15. The van der Waals surface area contributed by atoms with Gasteiger partial charge in [-0.15, -0.1) is 0 Å². The molecule has 1 aliphatic rings. The van der Waals surface area contributed by atoms with Gasteiger partial charge in [0, 0.05) is 39.4 Å². The standard InChI is InChI=1S/C17H34N2O3/c1-4-18-9-11-19(12-10-18)17(20)15-21-13-7-5-6-8-14-22-16(2)3/h16H,4-15H2,1-3H3. The first kappa shape index (κ1) is 19.4. The van der Waals surface area contributed by atoms with Crippen LogP contribution in [0.5, 0.6) is 0 Å². The fourth-order valence-corrected chi connectivity index (χ4v) is 2.54. The van der Waals surface area contributed by atoms with Crippen molar-refractivity contribution in [1.82, 2.24) is 9.80 Å². The van der Waals surface area contributed by atoms with Gasteiger partial charge in [-0.3, -0.25) is 4.79 Å². The van der Waals surface area contributed by atoms with E-state index in [0.717, 1.165) is 58.6 Å². The Bertz CT molecular complexity index is 290. The first-order chi connectivity index (χ1) is 10.6. The number of nitrogens with zero attached hydrogens (tertiary/aromatic N) is 2. The van der Waals surface area contributed by atoms with Gasteiger partial charge in [0.2, 0.25) is 5.91 Å². The molecule has 1 saturated heterocycles. The number of piperazine rings is 1. The molecule has 22 heavy (non-hydrogen) atoms. The first-order valence-corrected chi connectivity index (χ1v) is 8.83. The van der Waals surface area contributed by atoms with E-state index in [1.807, 2.05) is 4.90 Å². The maximum Gasteiger partial charge on any atom is 0.248 e. The Hall–Kier alpha value is -0.650. The quantitative estimate of drug-likeness (QED) is 0.548. The van der Waals surface area contributed by atoms with Crippen LogP contribution in [0.4, 0.5) is 0 Å². The molecule has 0 aromatic carbocycles. The lowest BCUT2D eigenvalue weighted by Gasteiger charge is -2.34. The molecule has 0 aromatic rings. The van der Waals surface area contributed by atoms with Crippen molar-refractivity contribution in [3.05, 3.63) is 0 Å². The second-order valence-electron chi connectivity index (χ2n) is 6.20. The zero-order valence-corrected chi connectivity index (χ0v) is 14.7. The molecule has 0 aromatic heterocycles. The molecule has 0 atom stereocenters. The van der Waals surface area contributed by atoms with Crippen LogP contribution in [0.15, 0.2) is 0 Å². The number of amides is 1. The van der Waals surface area contributed by atoms with Gasteiger partial charge in [-0.05, 0) is 33.2 Å².